The fourth-order valence-electron chi connectivity index (χ4n) is 3.18. The number of carbonyl (C=O) groups excluding carboxylic acids is 1. The van der Waals surface area contributed by atoms with Crippen LogP contribution < -0.4 is 5.32 Å². The van der Waals surface area contributed by atoms with Crippen molar-refractivity contribution in [3.63, 3.8) is 0 Å². The first-order valence-corrected chi connectivity index (χ1v) is 9.56. The SMILES string of the molecule is CCn1c(SCC(=O)N[C@H]2CCCC[C@@H]2C)nnc1-c1ccco1. The van der Waals surface area contributed by atoms with Gasteiger partial charge in [-0.3, -0.25) is 9.36 Å². The van der Waals surface area contributed by atoms with Gasteiger partial charge in [0, 0.05) is 12.6 Å². The van der Waals surface area contributed by atoms with E-state index in [9.17, 15) is 4.79 Å². The molecule has 0 saturated heterocycles. The van der Waals surface area contributed by atoms with E-state index in [0.717, 1.165) is 18.1 Å². The molecule has 0 bridgehead atoms. The molecule has 3 rings (SSSR count). The molecule has 24 heavy (non-hydrogen) atoms. The number of furan rings is 1. The molecule has 7 heteroatoms. The minimum absolute atomic E-state index is 0.0731. The Labute approximate surface area is 146 Å². The summed E-state index contributed by atoms with van der Waals surface area (Å²) in [5.74, 6) is 2.39. The molecular formula is C17H24N4O2S. The molecule has 1 aliphatic carbocycles. The molecule has 2 aromatic rings. The average Bonchev–Trinajstić information content (AvgIpc) is 3.23. The predicted molar refractivity (Wildman–Crippen MR) is 93.7 cm³/mol. The quantitative estimate of drug-likeness (QED) is 0.811. The number of hydrogen-bond donors (Lipinski definition) is 1. The third-order valence-electron chi connectivity index (χ3n) is 4.56. The van der Waals surface area contributed by atoms with E-state index in [4.69, 9.17) is 4.42 Å². The molecule has 1 fully saturated rings. The fraction of sp³-hybridized carbons (Fsp3) is 0.588. The minimum Gasteiger partial charge on any atom is -0.461 e. The fourth-order valence-corrected chi connectivity index (χ4v) is 3.99. The second-order valence-corrected chi connectivity index (χ2v) is 7.19. The standard InChI is InChI=1S/C17H24N4O2S/c1-3-21-16(14-9-6-10-23-14)19-20-17(21)24-11-15(22)18-13-8-5-4-7-12(13)2/h6,9-10,12-13H,3-5,7-8,11H2,1-2H3,(H,18,22)/t12-,13-/m0/s1. The maximum atomic E-state index is 12.3. The van der Waals surface area contributed by atoms with Gasteiger partial charge in [0.15, 0.2) is 16.7 Å². The molecule has 1 amide bonds. The zero-order valence-electron chi connectivity index (χ0n) is 14.2. The Balaban J connectivity index is 1.59. The van der Waals surface area contributed by atoms with E-state index >= 15 is 0 Å². The molecule has 6 nitrogen and oxygen atoms in total. The van der Waals surface area contributed by atoms with Crippen molar-refractivity contribution in [3.05, 3.63) is 18.4 Å². The lowest BCUT2D eigenvalue weighted by molar-refractivity contribution is -0.119. The van der Waals surface area contributed by atoms with Crippen molar-refractivity contribution < 1.29 is 9.21 Å². The summed E-state index contributed by atoms with van der Waals surface area (Å²) < 4.78 is 7.37. The first kappa shape index (κ1) is 17.1. The van der Waals surface area contributed by atoms with Crippen LogP contribution >= 0.6 is 11.8 Å². The van der Waals surface area contributed by atoms with Gasteiger partial charge in [0.25, 0.3) is 0 Å². The summed E-state index contributed by atoms with van der Waals surface area (Å²) in [4.78, 5) is 12.3. The normalized spacial score (nSPS) is 20.9. The van der Waals surface area contributed by atoms with E-state index in [1.54, 1.807) is 6.26 Å². The van der Waals surface area contributed by atoms with Crippen molar-refractivity contribution in [3.8, 4) is 11.6 Å². The van der Waals surface area contributed by atoms with E-state index < -0.39 is 0 Å². The molecular weight excluding hydrogens is 324 g/mol. The van der Waals surface area contributed by atoms with E-state index in [1.807, 2.05) is 23.6 Å². The lowest BCUT2D eigenvalue weighted by Crippen LogP contribution is -2.41. The van der Waals surface area contributed by atoms with Gasteiger partial charge in [0.1, 0.15) is 0 Å². The molecule has 0 radical (unpaired) electrons. The van der Waals surface area contributed by atoms with Crippen LogP contribution in [0, 0.1) is 5.92 Å². The molecule has 1 saturated carbocycles. The Morgan fingerprint density at radius 1 is 1.42 bits per heavy atom. The first-order chi connectivity index (χ1) is 11.7. The summed E-state index contributed by atoms with van der Waals surface area (Å²) in [6.45, 7) is 4.98. The molecule has 0 aromatic carbocycles. The van der Waals surface area contributed by atoms with Gasteiger partial charge >= 0.3 is 0 Å². The van der Waals surface area contributed by atoms with Gasteiger partial charge < -0.3 is 9.73 Å². The van der Waals surface area contributed by atoms with Gasteiger partial charge in [0.05, 0.1) is 12.0 Å². The van der Waals surface area contributed by atoms with Gasteiger partial charge in [-0.1, -0.05) is 31.5 Å². The summed E-state index contributed by atoms with van der Waals surface area (Å²) in [7, 11) is 0. The summed E-state index contributed by atoms with van der Waals surface area (Å²) in [6.07, 6.45) is 6.40. The molecule has 0 spiro atoms. The highest BCUT2D eigenvalue weighted by molar-refractivity contribution is 7.99. The lowest BCUT2D eigenvalue weighted by atomic mass is 9.86. The minimum atomic E-state index is 0.0731. The third-order valence-corrected chi connectivity index (χ3v) is 5.53. The van der Waals surface area contributed by atoms with Crippen molar-refractivity contribution in [2.75, 3.05) is 5.75 Å². The highest BCUT2D eigenvalue weighted by atomic mass is 32.2. The second kappa shape index (κ2) is 7.88. The topological polar surface area (TPSA) is 73.0 Å². The summed E-state index contributed by atoms with van der Waals surface area (Å²) in [5.41, 5.74) is 0. The average molecular weight is 348 g/mol. The predicted octanol–water partition coefficient (Wildman–Crippen LogP) is 3.35. The van der Waals surface area contributed by atoms with Crippen LogP contribution in [0.5, 0.6) is 0 Å². The van der Waals surface area contributed by atoms with Crippen molar-refractivity contribution in [2.45, 2.75) is 57.3 Å². The maximum Gasteiger partial charge on any atom is 0.230 e. The molecule has 2 aromatic heterocycles. The van der Waals surface area contributed by atoms with Crippen molar-refractivity contribution >= 4 is 17.7 Å². The van der Waals surface area contributed by atoms with Crippen molar-refractivity contribution in [2.24, 2.45) is 5.92 Å². The molecule has 130 valence electrons. The van der Waals surface area contributed by atoms with Crippen LogP contribution in [0.15, 0.2) is 28.0 Å². The number of carbonyl (C=O) groups is 1. The number of rotatable bonds is 6. The molecule has 0 unspecified atom stereocenters. The van der Waals surface area contributed by atoms with E-state index in [2.05, 4.69) is 22.4 Å². The van der Waals surface area contributed by atoms with Crippen molar-refractivity contribution in [1.29, 1.82) is 0 Å². The molecule has 2 heterocycles. The monoisotopic (exact) mass is 348 g/mol. The van der Waals surface area contributed by atoms with E-state index in [0.29, 0.717) is 29.3 Å². The second-order valence-electron chi connectivity index (χ2n) is 6.25. The van der Waals surface area contributed by atoms with Crippen LogP contribution in [0.2, 0.25) is 0 Å². The van der Waals surface area contributed by atoms with Gasteiger partial charge in [-0.15, -0.1) is 10.2 Å². The number of nitrogens with one attached hydrogen (secondary N) is 1. The van der Waals surface area contributed by atoms with Gasteiger partial charge in [-0.05, 0) is 37.8 Å². The Morgan fingerprint density at radius 2 is 2.25 bits per heavy atom. The molecule has 2 atom stereocenters. The Hall–Kier alpha value is -1.76. The number of nitrogens with zero attached hydrogens (tertiary/aromatic N) is 3. The number of thioether (sulfide) groups is 1. The van der Waals surface area contributed by atoms with Crippen LogP contribution in [0.25, 0.3) is 11.6 Å². The van der Waals surface area contributed by atoms with E-state index in [-0.39, 0.29) is 5.91 Å². The number of aromatic nitrogens is 3. The zero-order valence-corrected chi connectivity index (χ0v) is 15.0. The molecule has 1 N–H and O–H groups in total. The Bertz CT molecular complexity index is 668. The smallest absolute Gasteiger partial charge is 0.230 e. The van der Waals surface area contributed by atoms with E-state index in [1.165, 1.54) is 31.0 Å². The summed E-state index contributed by atoms with van der Waals surface area (Å²) >= 11 is 1.42. The van der Waals surface area contributed by atoms with Gasteiger partial charge in [-0.2, -0.15) is 0 Å². The van der Waals surface area contributed by atoms with Gasteiger partial charge in [-0.25, -0.2) is 0 Å². The van der Waals surface area contributed by atoms with Crippen LogP contribution in [-0.4, -0.2) is 32.5 Å². The van der Waals surface area contributed by atoms with Crippen LogP contribution in [0.3, 0.4) is 0 Å². The number of amides is 1. The van der Waals surface area contributed by atoms with Crippen LogP contribution in [-0.2, 0) is 11.3 Å². The van der Waals surface area contributed by atoms with Gasteiger partial charge in [0.2, 0.25) is 5.91 Å². The first-order valence-electron chi connectivity index (χ1n) is 8.58. The Morgan fingerprint density at radius 3 is 2.96 bits per heavy atom. The summed E-state index contributed by atoms with van der Waals surface area (Å²) in [5, 5.41) is 12.3. The lowest BCUT2D eigenvalue weighted by Gasteiger charge is -2.29. The molecule has 1 aliphatic rings. The third kappa shape index (κ3) is 3.83. The number of hydrogen-bond acceptors (Lipinski definition) is 5. The molecule has 0 aliphatic heterocycles. The highest BCUT2D eigenvalue weighted by Crippen LogP contribution is 2.25. The van der Waals surface area contributed by atoms with Crippen molar-refractivity contribution in [1.82, 2.24) is 20.1 Å². The Kier molecular flexibility index (Phi) is 5.60. The van der Waals surface area contributed by atoms with Crippen LogP contribution in [0.1, 0.15) is 39.5 Å². The zero-order chi connectivity index (χ0) is 16.9. The van der Waals surface area contributed by atoms with Crippen LogP contribution in [0.4, 0.5) is 0 Å². The maximum absolute atomic E-state index is 12.3. The summed E-state index contributed by atoms with van der Waals surface area (Å²) in [6, 6.07) is 4.01. The highest BCUT2D eigenvalue weighted by Gasteiger charge is 2.23. The largest absolute Gasteiger partial charge is 0.461 e.